The summed E-state index contributed by atoms with van der Waals surface area (Å²) < 4.78 is 93.9. The van der Waals surface area contributed by atoms with Gasteiger partial charge in [0.25, 0.3) is 0 Å². The number of benzene rings is 2. The van der Waals surface area contributed by atoms with Crippen molar-refractivity contribution in [2.45, 2.75) is 38.0 Å². The molecule has 0 spiro atoms. The molecule has 2 aromatic rings. The minimum absolute atomic E-state index is 0.0610. The molecule has 0 aliphatic rings. The van der Waals surface area contributed by atoms with Gasteiger partial charge in [0, 0.05) is 5.56 Å². The third-order valence-corrected chi connectivity index (χ3v) is 4.29. The summed E-state index contributed by atoms with van der Waals surface area (Å²) in [5.41, 5.74) is -5.18. The molecule has 32 heavy (non-hydrogen) atoms. The quantitative estimate of drug-likeness (QED) is 0.117. The lowest BCUT2D eigenvalue weighted by Gasteiger charge is -2.21. The number of ketones is 1. The predicted molar refractivity (Wildman–Crippen MR) is 106 cm³/mol. The van der Waals surface area contributed by atoms with Crippen molar-refractivity contribution in [2.75, 3.05) is 6.61 Å². The van der Waals surface area contributed by atoms with Gasteiger partial charge >= 0.3 is 27.4 Å². The number of rotatable bonds is 7. The van der Waals surface area contributed by atoms with Crippen LogP contribution in [0, 0.1) is 0 Å². The minimum atomic E-state index is -5.24. The highest BCUT2D eigenvalue weighted by molar-refractivity contribution is 7.00. The highest BCUT2D eigenvalue weighted by Gasteiger charge is 2.45. The molecular weight excluding hydrogens is 461 g/mol. The number of hydrogen-bond acceptors (Lipinski definition) is 4. The van der Waals surface area contributed by atoms with Gasteiger partial charge in [-0.15, -0.1) is 0 Å². The zero-order valence-electron chi connectivity index (χ0n) is 16.8. The summed E-state index contributed by atoms with van der Waals surface area (Å²) in [5.74, 6) is -4.79. The fraction of sp³-hybridized carbons (Fsp3) is 0.333. The van der Waals surface area contributed by atoms with E-state index >= 15 is 0 Å². The Balaban J connectivity index is 0.00000249. The summed E-state index contributed by atoms with van der Waals surface area (Å²) in [6.07, 6.45) is -9.42. The van der Waals surface area contributed by atoms with Crippen molar-refractivity contribution < 1.29 is 45.2 Å². The molecule has 0 radical (unpaired) electrons. The van der Waals surface area contributed by atoms with E-state index in [0.29, 0.717) is 31.0 Å². The zero-order chi connectivity index (χ0) is 24.5. The zero-order valence-corrected chi connectivity index (χ0v) is 18.0. The van der Waals surface area contributed by atoms with Crippen LogP contribution in [0.5, 0.6) is 0 Å². The van der Waals surface area contributed by atoms with E-state index in [1.165, 1.54) is 39.5 Å². The Morgan fingerprint density at radius 1 is 0.875 bits per heavy atom. The van der Waals surface area contributed by atoms with Crippen LogP contribution in [-0.4, -0.2) is 18.4 Å². The lowest BCUT2D eigenvalue weighted by molar-refractivity contribution is -0.146. The fourth-order valence-electron chi connectivity index (χ4n) is 2.87. The number of Topliss-reactive ketones (excluding diaryl/α,β-unsaturated/α-hetero) is 1. The van der Waals surface area contributed by atoms with Gasteiger partial charge in [-0.05, 0) is 24.1 Å². The van der Waals surface area contributed by atoms with E-state index in [0.717, 1.165) is 0 Å². The minimum Gasteiger partial charge on any atom is -0.465 e. The molecule has 0 saturated heterocycles. The number of ether oxygens (including phenoxy) is 1. The van der Waals surface area contributed by atoms with Crippen LogP contribution in [0.3, 0.4) is 0 Å². The lowest BCUT2D eigenvalue weighted by atomic mass is 9.85. The second-order valence-electron chi connectivity index (χ2n) is 6.45. The van der Waals surface area contributed by atoms with Crippen LogP contribution in [0.15, 0.2) is 48.5 Å². The standard InChI is InChI=1S/C21H18F6O3.H2OP/c1-2-3-12-30-19(29)16(13-8-5-4-6-9-13)18(28)17-14(20(22,23)24)10-7-11-15(17)21(25,26)27;1-2/h4-11,16H,2-3,12H2,1H3;2H2/q;+1. The molecule has 0 fully saturated rings. The molecule has 174 valence electrons. The summed E-state index contributed by atoms with van der Waals surface area (Å²) in [5, 5.41) is 0. The van der Waals surface area contributed by atoms with Gasteiger partial charge in [-0.1, -0.05) is 54.3 Å². The smallest absolute Gasteiger partial charge is 0.417 e. The number of hydrogen-bond donors (Lipinski definition) is 0. The van der Waals surface area contributed by atoms with Crippen molar-refractivity contribution in [1.82, 2.24) is 0 Å². The van der Waals surface area contributed by atoms with E-state index in [1.54, 1.807) is 6.92 Å². The number of carbonyl (C=O) groups is 2. The van der Waals surface area contributed by atoms with Crippen molar-refractivity contribution in [3.8, 4) is 0 Å². The molecule has 2 atom stereocenters. The molecular formula is C21H20F6O4P+. The van der Waals surface area contributed by atoms with Crippen LogP contribution in [-0.2, 0) is 26.4 Å². The van der Waals surface area contributed by atoms with Gasteiger partial charge in [-0.3, -0.25) is 9.59 Å². The van der Waals surface area contributed by atoms with Crippen molar-refractivity contribution in [3.63, 3.8) is 0 Å². The highest BCUT2D eigenvalue weighted by atomic mass is 31.0. The van der Waals surface area contributed by atoms with E-state index in [1.807, 2.05) is 0 Å². The summed E-state index contributed by atoms with van der Waals surface area (Å²) >= 11 is 0. The lowest BCUT2D eigenvalue weighted by Crippen LogP contribution is -2.29. The number of esters is 1. The molecule has 0 amide bonds. The fourth-order valence-corrected chi connectivity index (χ4v) is 2.87. The Morgan fingerprint density at radius 2 is 1.38 bits per heavy atom. The van der Waals surface area contributed by atoms with Crippen LogP contribution in [0.2, 0.25) is 0 Å². The number of carbonyl (C=O) groups excluding carboxylic acids is 2. The molecule has 0 saturated carbocycles. The molecule has 0 heterocycles. The molecule has 11 heteroatoms. The highest BCUT2D eigenvalue weighted by Crippen LogP contribution is 2.41. The van der Waals surface area contributed by atoms with Gasteiger partial charge in [0.15, 0.2) is 5.78 Å². The maximum atomic E-state index is 13.5. The largest absolute Gasteiger partial charge is 0.465 e. The van der Waals surface area contributed by atoms with E-state index in [9.17, 15) is 35.9 Å². The maximum absolute atomic E-state index is 13.5. The first-order valence-electron chi connectivity index (χ1n) is 9.25. The van der Waals surface area contributed by atoms with Gasteiger partial charge in [0.1, 0.15) is 5.92 Å². The molecule has 0 aliphatic heterocycles. The summed E-state index contributed by atoms with van der Waals surface area (Å²) in [4.78, 5) is 25.6. The first-order valence-corrected chi connectivity index (χ1v) is 9.72. The van der Waals surface area contributed by atoms with Gasteiger partial charge < -0.3 is 4.74 Å². The molecule has 0 N–H and O–H groups in total. The van der Waals surface area contributed by atoms with Crippen LogP contribution < -0.4 is 0 Å². The third kappa shape index (κ3) is 6.88. The predicted octanol–water partition coefficient (Wildman–Crippen LogP) is 6.24. The molecule has 0 aromatic heterocycles. The van der Waals surface area contributed by atoms with E-state index in [-0.39, 0.29) is 12.2 Å². The first kappa shape index (κ1) is 27.3. The monoisotopic (exact) mass is 481 g/mol. The Labute approximate surface area is 182 Å². The number of alkyl halides is 6. The van der Waals surface area contributed by atoms with Crippen LogP contribution in [0.4, 0.5) is 26.3 Å². The maximum Gasteiger partial charge on any atom is 0.417 e. The van der Waals surface area contributed by atoms with Crippen LogP contribution in [0.25, 0.3) is 0 Å². The molecule has 0 bridgehead atoms. The second-order valence-corrected chi connectivity index (χ2v) is 6.45. The molecule has 2 unspecified atom stereocenters. The van der Waals surface area contributed by atoms with Gasteiger partial charge in [-0.25, -0.2) is 0 Å². The molecule has 0 aliphatic carbocycles. The van der Waals surface area contributed by atoms with Crippen molar-refractivity contribution in [1.29, 1.82) is 0 Å². The van der Waals surface area contributed by atoms with E-state index < -0.39 is 46.7 Å². The van der Waals surface area contributed by atoms with Crippen molar-refractivity contribution in [3.05, 3.63) is 70.8 Å². The third-order valence-electron chi connectivity index (χ3n) is 4.29. The Kier molecular flexibility index (Phi) is 10.0. The van der Waals surface area contributed by atoms with Crippen LogP contribution >= 0.6 is 9.12 Å². The average molecular weight is 481 g/mol. The summed E-state index contributed by atoms with van der Waals surface area (Å²) in [6.45, 7) is 1.68. The Bertz CT molecular complexity index is 880. The number of halogens is 6. The first-order chi connectivity index (χ1) is 15.0. The second kappa shape index (κ2) is 11.8. The van der Waals surface area contributed by atoms with E-state index in [2.05, 4.69) is 0 Å². The van der Waals surface area contributed by atoms with Gasteiger partial charge in [0.05, 0.1) is 17.7 Å². The number of unbranched alkanes of at least 4 members (excludes halogenated alkanes) is 1. The molecule has 2 rings (SSSR count). The van der Waals surface area contributed by atoms with Gasteiger partial charge in [0.2, 0.25) is 0 Å². The molecule has 4 nitrogen and oxygen atoms in total. The van der Waals surface area contributed by atoms with Crippen LogP contribution in [0.1, 0.15) is 52.7 Å². The Morgan fingerprint density at radius 3 is 1.81 bits per heavy atom. The van der Waals surface area contributed by atoms with Crippen molar-refractivity contribution >= 4 is 20.9 Å². The summed E-state index contributed by atoms with van der Waals surface area (Å²) in [6, 6.07) is 8.22. The Hall–Kier alpha value is -2.74. The SMILES string of the molecule is CCCCOC(=O)C(C(=O)c1c(C(F)(F)F)cccc1C(F)(F)F)c1ccccc1.O=[PH2+]. The molecule has 2 aromatic carbocycles. The topological polar surface area (TPSA) is 60.4 Å². The van der Waals surface area contributed by atoms with E-state index in [4.69, 9.17) is 9.30 Å². The summed E-state index contributed by atoms with van der Waals surface area (Å²) in [7, 11) is 1.17. The van der Waals surface area contributed by atoms with Gasteiger partial charge in [-0.2, -0.15) is 26.3 Å². The normalized spacial score (nSPS) is 12.3. The average Bonchev–Trinajstić information content (AvgIpc) is 2.74. The van der Waals surface area contributed by atoms with Crippen molar-refractivity contribution in [2.24, 2.45) is 0 Å².